The highest BCUT2D eigenvalue weighted by Gasteiger charge is 2.27. The third-order valence-electron chi connectivity index (χ3n) is 2.72. The zero-order valence-corrected chi connectivity index (χ0v) is 11.5. The molecule has 2 rings (SSSR count). The van der Waals surface area contributed by atoms with E-state index in [-0.39, 0.29) is 12.5 Å². The lowest BCUT2D eigenvalue weighted by Crippen LogP contribution is -2.16. The summed E-state index contributed by atoms with van der Waals surface area (Å²) in [4.78, 5) is 14.8. The van der Waals surface area contributed by atoms with Crippen LogP contribution in [0.25, 0.3) is 0 Å². The Bertz CT molecular complexity index is 613. The van der Waals surface area contributed by atoms with E-state index < -0.39 is 12.8 Å². The smallest absolute Gasteiger partial charge is 0.367 e. The second-order valence-electron chi connectivity index (χ2n) is 4.55. The number of rotatable bonds is 5. The minimum Gasteiger partial charge on any atom is -0.367 e. The minimum atomic E-state index is -4.34. The fraction of sp³-hybridized carbons (Fsp3) is 0.200. The molecule has 0 saturated heterocycles. The van der Waals surface area contributed by atoms with E-state index in [1.54, 1.807) is 36.7 Å². The molecule has 116 valence electrons. The second-order valence-corrected chi connectivity index (χ2v) is 4.55. The molecule has 0 saturated carbocycles. The number of H-pyrrole nitrogens is 1. The lowest BCUT2D eigenvalue weighted by atomic mass is 10.1. The molecule has 0 radical (unpaired) electrons. The van der Waals surface area contributed by atoms with Gasteiger partial charge >= 0.3 is 6.18 Å². The Morgan fingerprint density at radius 1 is 1.18 bits per heavy atom. The number of halogens is 3. The van der Waals surface area contributed by atoms with Crippen LogP contribution in [0.5, 0.6) is 0 Å². The number of alkyl halides is 3. The number of benzene rings is 1. The number of hydrogen-bond donors (Lipinski definition) is 1. The monoisotopic (exact) mass is 311 g/mol. The van der Waals surface area contributed by atoms with Crippen LogP contribution in [-0.4, -0.2) is 18.7 Å². The van der Waals surface area contributed by atoms with Gasteiger partial charge in [0.25, 0.3) is 5.91 Å². The summed E-state index contributed by atoms with van der Waals surface area (Å²) in [5.74, 6) is -0.303. The van der Waals surface area contributed by atoms with Crippen LogP contribution in [0.2, 0.25) is 0 Å². The highest BCUT2D eigenvalue weighted by atomic mass is 19.4. The number of nitrogens with one attached hydrogen (secondary N) is 2. The van der Waals surface area contributed by atoms with Crippen LogP contribution >= 0.6 is 0 Å². The fourth-order valence-corrected chi connectivity index (χ4v) is 1.71. The van der Waals surface area contributed by atoms with Crippen molar-refractivity contribution in [2.75, 3.05) is 11.9 Å². The van der Waals surface area contributed by atoms with Gasteiger partial charge in [-0.2, -0.15) is 13.2 Å². The van der Waals surface area contributed by atoms with E-state index in [9.17, 15) is 18.0 Å². The summed E-state index contributed by atoms with van der Waals surface area (Å²) in [6.07, 6.45) is -0.991. The van der Waals surface area contributed by atoms with Crippen LogP contribution < -0.4 is 10.3 Å². The van der Waals surface area contributed by atoms with E-state index in [0.717, 1.165) is 0 Å². The fourth-order valence-electron chi connectivity index (χ4n) is 1.71. The molecule has 0 bridgehead atoms. The normalized spacial score (nSPS) is 11.2. The van der Waals surface area contributed by atoms with Gasteiger partial charge < -0.3 is 10.1 Å². The molecule has 0 atom stereocenters. The summed E-state index contributed by atoms with van der Waals surface area (Å²) in [5.41, 5.74) is 1.59. The van der Waals surface area contributed by atoms with Gasteiger partial charge in [-0.15, -0.1) is 0 Å². The van der Waals surface area contributed by atoms with Crippen molar-refractivity contribution in [2.24, 2.45) is 0 Å². The van der Waals surface area contributed by atoms with Crippen molar-refractivity contribution in [2.45, 2.75) is 12.8 Å². The number of ether oxygens (including phenoxy) is 1. The van der Waals surface area contributed by atoms with Crippen molar-refractivity contribution >= 4 is 11.6 Å². The summed E-state index contributed by atoms with van der Waals surface area (Å²) in [7, 11) is 0. The number of aromatic amines is 1. The Labute approximate surface area is 124 Å². The summed E-state index contributed by atoms with van der Waals surface area (Å²) in [6, 6.07) is 9.66. The molecule has 1 aromatic carbocycles. The Morgan fingerprint density at radius 3 is 2.50 bits per heavy atom. The topological polar surface area (TPSA) is 52.5 Å². The number of hydrogen-bond acceptors (Lipinski definition) is 2. The van der Waals surface area contributed by atoms with Crippen LogP contribution in [-0.2, 0) is 11.3 Å². The highest BCUT2D eigenvalue weighted by molar-refractivity contribution is 6.04. The SMILES string of the molecule is O=C(Nc1ccc[nH+]c1)c1ccc(COCC(F)(F)F)cc1. The molecule has 0 unspecified atom stereocenters. The van der Waals surface area contributed by atoms with E-state index in [1.807, 2.05) is 0 Å². The molecule has 1 amide bonds. The van der Waals surface area contributed by atoms with Gasteiger partial charge in [0.2, 0.25) is 0 Å². The van der Waals surface area contributed by atoms with Gasteiger partial charge in [0, 0.05) is 11.6 Å². The van der Waals surface area contributed by atoms with Crippen LogP contribution in [0.15, 0.2) is 48.8 Å². The molecule has 1 heterocycles. The Kier molecular flexibility index (Phi) is 5.11. The van der Waals surface area contributed by atoms with E-state index in [0.29, 0.717) is 16.8 Å². The molecule has 0 aliphatic rings. The van der Waals surface area contributed by atoms with E-state index in [2.05, 4.69) is 15.0 Å². The molecule has 1 aromatic heterocycles. The number of anilines is 1. The molecule has 0 aliphatic carbocycles. The Balaban J connectivity index is 1.90. The van der Waals surface area contributed by atoms with Crippen molar-refractivity contribution in [1.82, 2.24) is 0 Å². The summed E-state index contributed by atoms with van der Waals surface area (Å²) in [5, 5.41) is 2.69. The Hall–Kier alpha value is -2.41. The quantitative estimate of drug-likeness (QED) is 0.923. The molecule has 4 nitrogen and oxygen atoms in total. The largest absolute Gasteiger partial charge is 0.411 e. The van der Waals surface area contributed by atoms with Crippen LogP contribution in [0.3, 0.4) is 0 Å². The van der Waals surface area contributed by atoms with E-state index in [1.165, 1.54) is 12.1 Å². The third kappa shape index (κ3) is 5.17. The van der Waals surface area contributed by atoms with Crippen LogP contribution in [0.1, 0.15) is 15.9 Å². The van der Waals surface area contributed by atoms with Gasteiger partial charge in [0.15, 0.2) is 12.4 Å². The van der Waals surface area contributed by atoms with E-state index in [4.69, 9.17) is 0 Å². The standard InChI is InChI=1S/C15H13F3N2O2/c16-15(17,18)10-22-9-11-3-5-12(6-4-11)14(21)20-13-2-1-7-19-8-13/h1-8H,9-10H2,(H,20,21)/p+1. The van der Waals surface area contributed by atoms with Crippen molar-refractivity contribution in [3.63, 3.8) is 0 Å². The van der Waals surface area contributed by atoms with Crippen LogP contribution in [0, 0.1) is 0 Å². The number of carbonyl (C=O) groups excluding carboxylic acids is 1. The summed E-state index contributed by atoms with van der Waals surface area (Å²) in [6.45, 7) is -1.45. The number of carbonyl (C=O) groups is 1. The van der Waals surface area contributed by atoms with Crippen molar-refractivity contribution < 1.29 is 27.7 Å². The maximum absolute atomic E-state index is 12.0. The molecular weight excluding hydrogens is 297 g/mol. The molecule has 2 aromatic rings. The van der Waals surface area contributed by atoms with Gasteiger partial charge in [-0.25, -0.2) is 4.98 Å². The van der Waals surface area contributed by atoms with Gasteiger partial charge in [0.05, 0.1) is 6.61 Å². The van der Waals surface area contributed by atoms with Gasteiger partial charge in [-0.05, 0) is 23.8 Å². The molecule has 22 heavy (non-hydrogen) atoms. The van der Waals surface area contributed by atoms with Gasteiger partial charge in [-0.1, -0.05) is 12.1 Å². The van der Waals surface area contributed by atoms with Crippen molar-refractivity contribution in [3.05, 3.63) is 59.9 Å². The van der Waals surface area contributed by atoms with Gasteiger partial charge in [-0.3, -0.25) is 4.79 Å². The zero-order valence-electron chi connectivity index (χ0n) is 11.5. The molecule has 0 spiro atoms. The minimum absolute atomic E-state index is 0.158. The molecule has 0 fully saturated rings. The maximum Gasteiger partial charge on any atom is 0.411 e. The molecule has 7 heteroatoms. The summed E-state index contributed by atoms with van der Waals surface area (Å²) < 4.78 is 40.4. The second kappa shape index (κ2) is 7.04. The maximum atomic E-state index is 12.0. The van der Waals surface area contributed by atoms with Crippen molar-refractivity contribution in [1.29, 1.82) is 0 Å². The van der Waals surface area contributed by atoms with Gasteiger partial charge in [0.1, 0.15) is 12.3 Å². The lowest BCUT2D eigenvalue weighted by Gasteiger charge is -2.08. The van der Waals surface area contributed by atoms with Crippen molar-refractivity contribution in [3.8, 4) is 0 Å². The lowest BCUT2D eigenvalue weighted by molar-refractivity contribution is -0.377. The number of amides is 1. The molecular formula is C15H14F3N2O2+. The molecule has 0 aliphatic heterocycles. The van der Waals surface area contributed by atoms with E-state index >= 15 is 0 Å². The first-order valence-electron chi connectivity index (χ1n) is 6.45. The third-order valence-corrected chi connectivity index (χ3v) is 2.72. The predicted octanol–water partition coefficient (Wildman–Crippen LogP) is 2.83. The zero-order chi connectivity index (χ0) is 16.0. The number of aromatic nitrogens is 1. The van der Waals surface area contributed by atoms with Crippen LogP contribution in [0.4, 0.5) is 18.9 Å². The average molecular weight is 311 g/mol. The first kappa shape index (κ1) is 16.0. The first-order chi connectivity index (χ1) is 10.4. The number of pyridine rings is 1. The highest BCUT2D eigenvalue weighted by Crippen LogP contribution is 2.16. The first-order valence-corrected chi connectivity index (χ1v) is 6.45. The Morgan fingerprint density at radius 2 is 1.91 bits per heavy atom. The molecule has 2 N–H and O–H groups in total. The average Bonchev–Trinajstić information content (AvgIpc) is 2.47. The summed E-state index contributed by atoms with van der Waals surface area (Å²) >= 11 is 0. The predicted molar refractivity (Wildman–Crippen MR) is 73.1 cm³/mol.